The number of hydrogen-bond donors (Lipinski definition) is 1. The first-order chi connectivity index (χ1) is 10.5. The van der Waals surface area contributed by atoms with Crippen molar-refractivity contribution in [3.05, 3.63) is 54.5 Å². The van der Waals surface area contributed by atoms with Crippen molar-refractivity contribution in [2.45, 2.75) is 11.3 Å². The first-order valence-corrected chi connectivity index (χ1v) is 8.35. The van der Waals surface area contributed by atoms with Gasteiger partial charge in [0.2, 0.25) is 10.0 Å². The van der Waals surface area contributed by atoms with Crippen LogP contribution in [0.25, 0.3) is 0 Å². The molecule has 1 aromatic carbocycles. The van der Waals surface area contributed by atoms with E-state index in [4.69, 9.17) is 0 Å². The highest BCUT2D eigenvalue weighted by molar-refractivity contribution is 7.89. The average molecular weight is 323 g/mol. The van der Waals surface area contributed by atoms with E-state index in [2.05, 4.69) is 9.71 Å². The van der Waals surface area contributed by atoms with Crippen LogP contribution in [0.4, 0.5) is 10.2 Å². The smallest absolute Gasteiger partial charge is 0.240 e. The summed E-state index contributed by atoms with van der Waals surface area (Å²) in [4.78, 5) is 6.23. The van der Waals surface area contributed by atoms with E-state index in [1.54, 1.807) is 6.20 Å². The molecule has 7 heteroatoms. The number of nitrogens with zero attached hydrogens (tertiary/aromatic N) is 2. The number of benzene rings is 1. The van der Waals surface area contributed by atoms with Gasteiger partial charge in [0.05, 0.1) is 4.90 Å². The first kappa shape index (κ1) is 16.4. The number of halogens is 1. The summed E-state index contributed by atoms with van der Waals surface area (Å²) in [6.45, 7) is 0.972. The van der Waals surface area contributed by atoms with Gasteiger partial charge in [-0.15, -0.1) is 0 Å². The lowest BCUT2D eigenvalue weighted by Crippen LogP contribution is -2.28. The minimum absolute atomic E-state index is 0.0620. The molecule has 0 fully saturated rings. The summed E-state index contributed by atoms with van der Waals surface area (Å²) >= 11 is 0. The molecule has 5 nitrogen and oxygen atoms in total. The number of rotatable bonds is 7. The van der Waals surface area contributed by atoms with Crippen LogP contribution in [0.5, 0.6) is 0 Å². The van der Waals surface area contributed by atoms with E-state index in [-0.39, 0.29) is 4.90 Å². The van der Waals surface area contributed by atoms with E-state index in [1.165, 1.54) is 12.1 Å². The van der Waals surface area contributed by atoms with Crippen molar-refractivity contribution in [3.8, 4) is 0 Å². The van der Waals surface area contributed by atoms with Crippen LogP contribution in [0.15, 0.2) is 53.6 Å². The number of anilines is 1. The van der Waals surface area contributed by atoms with Gasteiger partial charge in [-0.3, -0.25) is 0 Å². The normalized spacial score (nSPS) is 11.4. The zero-order valence-electron chi connectivity index (χ0n) is 12.2. The van der Waals surface area contributed by atoms with Crippen LogP contribution in [0, 0.1) is 5.82 Å². The number of sulfonamides is 1. The fourth-order valence-corrected chi connectivity index (χ4v) is 2.99. The molecule has 2 aromatic rings. The zero-order chi connectivity index (χ0) is 16.0. The molecule has 0 radical (unpaired) electrons. The summed E-state index contributed by atoms with van der Waals surface area (Å²) in [5.74, 6) is 0.375. The molecule has 0 aliphatic heterocycles. The monoisotopic (exact) mass is 323 g/mol. The Morgan fingerprint density at radius 1 is 1.18 bits per heavy atom. The molecule has 1 N–H and O–H groups in total. The summed E-state index contributed by atoms with van der Waals surface area (Å²) in [7, 11) is -1.69. The zero-order valence-corrected chi connectivity index (χ0v) is 13.1. The Hall–Kier alpha value is -1.99. The van der Waals surface area contributed by atoms with Crippen LogP contribution in [0.1, 0.15) is 6.42 Å². The van der Waals surface area contributed by atoms with Gasteiger partial charge in [-0.25, -0.2) is 22.5 Å². The third-order valence-electron chi connectivity index (χ3n) is 3.13. The van der Waals surface area contributed by atoms with E-state index in [9.17, 15) is 12.8 Å². The Morgan fingerprint density at radius 2 is 1.91 bits per heavy atom. The molecule has 1 heterocycles. The molecular formula is C15H18FN3O2S. The Balaban J connectivity index is 1.82. The van der Waals surface area contributed by atoms with Crippen LogP contribution < -0.4 is 9.62 Å². The van der Waals surface area contributed by atoms with Gasteiger partial charge in [0.1, 0.15) is 11.6 Å². The molecular weight excluding hydrogens is 305 g/mol. The Labute approximate surface area is 129 Å². The number of pyridine rings is 1. The van der Waals surface area contributed by atoms with Gasteiger partial charge in [0.25, 0.3) is 0 Å². The number of hydrogen-bond acceptors (Lipinski definition) is 4. The third kappa shape index (κ3) is 4.51. The minimum atomic E-state index is -3.59. The molecule has 0 aliphatic carbocycles. The molecule has 0 saturated heterocycles. The Kier molecular flexibility index (Phi) is 5.46. The van der Waals surface area contributed by atoms with Crippen molar-refractivity contribution in [3.63, 3.8) is 0 Å². The SMILES string of the molecule is CN(CCCNS(=O)(=O)c1ccc(F)cc1)c1ccccn1. The van der Waals surface area contributed by atoms with Crippen molar-refractivity contribution in [2.24, 2.45) is 0 Å². The van der Waals surface area contributed by atoms with Crippen molar-refractivity contribution in [1.29, 1.82) is 0 Å². The van der Waals surface area contributed by atoms with Crippen molar-refractivity contribution < 1.29 is 12.8 Å². The second-order valence-electron chi connectivity index (χ2n) is 4.81. The predicted octanol–water partition coefficient (Wildman–Crippen LogP) is 2.03. The van der Waals surface area contributed by atoms with Crippen molar-refractivity contribution in [2.75, 3.05) is 25.0 Å². The summed E-state index contributed by atoms with van der Waals surface area (Å²) in [6, 6.07) is 10.4. The lowest BCUT2D eigenvalue weighted by molar-refractivity contribution is 0.578. The Morgan fingerprint density at radius 3 is 2.55 bits per heavy atom. The maximum absolute atomic E-state index is 12.8. The molecule has 22 heavy (non-hydrogen) atoms. The highest BCUT2D eigenvalue weighted by Gasteiger charge is 2.13. The minimum Gasteiger partial charge on any atom is -0.360 e. The molecule has 0 atom stereocenters. The van der Waals surface area contributed by atoms with Gasteiger partial charge in [-0.05, 0) is 42.8 Å². The van der Waals surface area contributed by atoms with Gasteiger partial charge < -0.3 is 4.90 Å². The van der Waals surface area contributed by atoms with E-state index in [0.29, 0.717) is 19.5 Å². The van der Waals surface area contributed by atoms with Crippen molar-refractivity contribution in [1.82, 2.24) is 9.71 Å². The molecule has 1 aromatic heterocycles. The van der Waals surface area contributed by atoms with Crippen molar-refractivity contribution >= 4 is 15.8 Å². The van der Waals surface area contributed by atoms with Crippen LogP contribution in [0.3, 0.4) is 0 Å². The van der Waals surface area contributed by atoms with Gasteiger partial charge in [-0.2, -0.15) is 0 Å². The van der Waals surface area contributed by atoms with Crippen LogP contribution >= 0.6 is 0 Å². The van der Waals surface area contributed by atoms with Crippen LogP contribution in [0.2, 0.25) is 0 Å². The van der Waals surface area contributed by atoms with E-state index >= 15 is 0 Å². The van der Waals surface area contributed by atoms with Gasteiger partial charge in [0.15, 0.2) is 0 Å². The molecule has 0 unspecified atom stereocenters. The first-order valence-electron chi connectivity index (χ1n) is 6.86. The molecule has 0 bridgehead atoms. The topological polar surface area (TPSA) is 62.3 Å². The average Bonchev–Trinajstić information content (AvgIpc) is 2.52. The van der Waals surface area contributed by atoms with E-state index in [1.807, 2.05) is 30.1 Å². The fraction of sp³-hybridized carbons (Fsp3) is 0.267. The standard InChI is InChI=1S/C15H18FN3O2S/c1-19(15-5-2-3-10-17-15)12-4-11-18-22(20,21)14-8-6-13(16)7-9-14/h2-3,5-10,18H,4,11-12H2,1H3. The highest BCUT2D eigenvalue weighted by atomic mass is 32.2. The van der Waals surface area contributed by atoms with Crippen LogP contribution in [-0.4, -0.2) is 33.5 Å². The maximum Gasteiger partial charge on any atom is 0.240 e. The van der Waals surface area contributed by atoms with E-state index < -0.39 is 15.8 Å². The quantitative estimate of drug-likeness (QED) is 0.792. The second-order valence-corrected chi connectivity index (χ2v) is 6.58. The van der Waals surface area contributed by atoms with Crippen LogP contribution in [-0.2, 0) is 10.0 Å². The molecule has 0 spiro atoms. The molecule has 0 saturated carbocycles. The Bertz CT molecular complexity index is 690. The molecule has 2 rings (SSSR count). The summed E-state index contributed by atoms with van der Waals surface area (Å²) in [5.41, 5.74) is 0. The van der Waals surface area contributed by atoms with Gasteiger partial charge in [0, 0.05) is 26.3 Å². The second kappa shape index (κ2) is 7.33. The summed E-state index contributed by atoms with van der Waals surface area (Å²) in [5, 5.41) is 0. The fourth-order valence-electron chi connectivity index (χ4n) is 1.91. The van der Waals surface area contributed by atoms with Gasteiger partial charge >= 0.3 is 0 Å². The maximum atomic E-state index is 12.8. The number of nitrogens with one attached hydrogen (secondary N) is 1. The lowest BCUT2D eigenvalue weighted by atomic mass is 10.3. The van der Waals surface area contributed by atoms with E-state index in [0.717, 1.165) is 18.0 Å². The molecule has 0 aliphatic rings. The number of aromatic nitrogens is 1. The van der Waals surface area contributed by atoms with Gasteiger partial charge in [-0.1, -0.05) is 6.07 Å². The molecule has 118 valence electrons. The summed E-state index contributed by atoms with van der Waals surface area (Å²) < 4.78 is 39.3. The summed E-state index contributed by atoms with van der Waals surface area (Å²) in [6.07, 6.45) is 2.34. The lowest BCUT2D eigenvalue weighted by Gasteiger charge is -2.17. The highest BCUT2D eigenvalue weighted by Crippen LogP contribution is 2.10. The molecule has 0 amide bonds. The predicted molar refractivity (Wildman–Crippen MR) is 83.7 cm³/mol. The third-order valence-corrected chi connectivity index (χ3v) is 4.60. The largest absolute Gasteiger partial charge is 0.360 e.